The van der Waals surface area contributed by atoms with E-state index >= 15 is 0 Å². The van der Waals surface area contributed by atoms with Gasteiger partial charge < -0.3 is 5.32 Å². The largest absolute Gasteiger partial charge is 0.316 e. The molecule has 0 bridgehead atoms. The number of rotatable bonds is 5. The van der Waals surface area contributed by atoms with Crippen LogP contribution in [0.5, 0.6) is 0 Å². The molecule has 1 nitrogen and oxygen atoms in total. The maximum Gasteiger partial charge on any atom is -0.00205 e. The van der Waals surface area contributed by atoms with Gasteiger partial charge in [-0.15, -0.1) is 0 Å². The van der Waals surface area contributed by atoms with Gasteiger partial charge in [-0.2, -0.15) is 0 Å². The highest BCUT2D eigenvalue weighted by molar-refractivity contribution is 4.71. The smallest absolute Gasteiger partial charge is 0.00205 e. The van der Waals surface area contributed by atoms with Gasteiger partial charge in [0.25, 0.3) is 0 Å². The molecule has 0 aromatic rings. The highest BCUT2D eigenvalue weighted by Crippen LogP contribution is 2.28. The van der Waals surface area contributed by atoms with E-state index in [1.165, 1.54) is 77.3 Å². The topological polar surface area (TPSA) is 12.0 Å². The van der Waals surface area contributed by atoms with Crippen molar-refractivity contribution in [3.8, 4) is 0 Å². The molecule has 0 saturated heterocycles. The van der Waals surface area contributed by atoms with Crippen molar-refractivity contribution in [2.24, 2.45) is 11.8 Å². The predicted molar refractivity (Wildman–Crippen MR) is 66.0 cm³/mol. The van der Waals surface area contributed by atoms with E-state index in [1.54, 1.807) is 0 Å². The minimum atomic E-state index is 0.994. The van der Waals surface area contributed by atoms with Gasteiger partial charge in [-0.25, -0.2) is 0 Å². The molecule has 0 aromatic carbocycles. The third-order valence-corrected chi connectivity index (χ3v) is 4.36. The van der Waals surface area contributed by atoms with Gasteiger partial charge in [0.2, 0.25) is 0 Å². The lowest BCUT2D eigenvalue weighted by molar-refractivity contribution is 0.288. The first kappa shape index (κ1) is 11.4. The molecule has 0 amide bonds. The molecule has 0 unspecified atom stereocenters. The van der Waals surface area contributed by atoms with E-state index in [9.17, 15) is 0 Å². The van der Waals surface area contributed by atoms with Crippen molar-refractivity contribution in [2.75, 3.05) is 13.1 Å². The zero-order valence-electron chi connectivity index (χ0n) is 10.1. The van der Waals surface area contributed by atoms with Crippen LogP contribution in [0.4, 0.5) is 0 Å². The van der Waals surface area contributed by atoms with E-state index in [2.05, 4.69) is 5.32 Å². The Morgan fingerprint density at radius 2 is 1.40 bits per heavy atom. The van der Waals surface area contributed by atoms with Crippen LogP contribution in [0.2, 0.25) is 0 Å². The maximum atomic E-state index is 3.68. The van der Waals surface area contributed by atoms with Gasteiger partial charge in [-0.1, -0.05) is 44.9 Å². The monoisotopic (exact) mass is 209 g/mol. The van der Waals surface area contributed by atoms with Crippen LogP contribution in [0.15, 0.2) is 0 Å². The zero-order valence-corrected chi connectivity index (χ0v) is 10.1. The van der Waals surface area contributed by atoms with E-state index in [0.717, 1.165) is 11.8 Å². The Balaban J connectivity index is 1.48. The molecule has 15 heavy (non-hydrogen) atoms. The summed E-state index contributed by atoms with van der Waals surface area (Å²) in [5.74, 6) is 2.07. The Morgan fingerprint density at radius 3 is 2.00 bits per heavy atom. The third-order valence-electron chi connectivity index (χ3n) is 4.36. The van der Waals surface area contributed by atoms with Gasteiger partial charge in [0.15, 0.2) is 0 Å². The van der Waals surface area contributed by atoms with E-state index in [0.29, 0.717) is 0 Å². The first-order chi connectivity index (χ1) is 7.45. The van der Waals surface area contributed by atoms with Gasteiger partial charge in [-0.05, 0) is 44.2 Å². The Morgan fingerprint density at radius 1 is 0.733 bits per heavy atom. The predicted octanol–water partition coefficient (Wildman–Crippen LogP) is 3.74. The second-order valence-electron chi connectivity index (χ2n) is 5.65. The van der Waals surface area contributed by atoms with Crippen molar-refractivity contribution in [2.45, 2.75) is 64.2 Å². The fourth-order valence-electron chi connectivity index (χ4n) is 2.96. The summed E-state index contributed by atoms with van der Waals surface area (Å²) < 4.78 is 0. The minimum absolute atomic E-state index is 0.994. The first-order valence-electron chi connectivity index (χ1n) is 7.16. The van der Waals surface area contributed by atoms with E-state index < -0.39 is 0 Å². The van der Waals surface area contributed by atoms with Gasteiger partial charge in [0, 0.05) is 0 Å². The van der Waals surface area contributed by atoms with Crippen LogP contribution in [-0.4, -0.2) is 13.1 Å². The molecular formula is C14H27N. The summed E-state index contributed by atoms with van der Waals surface area (Å²) in [6.45, 7) is 2.58. The molecule has 2 rings (SSSR count). The molecule has 1 N–H and O–H groups in total. The lowest BCUT2D eigenvalue weighted by Crippen LogP contribution is -2.26. The van der Waals surface area contributed by atoms with Crippen LogP contribution in [0.1, 0.15) is 64.2 Å². The lowest BCUT2D eigenvalue weighted by Gasteiger charge is -2.25. The summed E-state index contributed by atoms with van der Waals surface area (Å²) >= 11 is 0. The van der Waals surface area contributed by atoms with E-state index in [4.69, 9.17) is 0 Å². The summed E-state index contributed by atoms with van der Waals surface area (Å²) in [5.41, 5.74) is 0. The fourth-order valence-corrected chi connectivity index (χ4v) is 2.96. The van der Waals surface area contributed by atoms with Crippen molar-refractivity contribution in [3.63, 3.8) is 0 Å². The molecule has 0 heterocycles. The zero-order chi connectivity index (χ0) is 10.3. The molecule has 0 aromatic heterocycles. The third kappa shape index (κ3) is 4.14. The summed E-state index contributed by atoms with van der Waals surface area (Å²) in [4.78, 5) is 0. The van der Waals surface area contributed by atoms with Crippen molar-refractivity contribution in [1.82, 2.24) is 5.32 Å². The Bertz CT molecular complexity index is 155. The molecule has 2 fully saturated rings. The van der Waals surface area contributed by atoms with Gasteiger partial charge in [-0.3, -0.25) is 0 Å². The number of hydrogen-bond acceptors (Lipinski definition) is 1. The van der Waals surface area contributed by atoms with Crippen LogP contribution in [0.3, 0.4) is 0 Å². The molecule has 2 saturated carbocycles. The standard InChI is InChI=1S/C14H27N/c1-2-4-7-14(6-3-1)12-15-11-10-13-8-5-9-13/h13-15H,1-12H2. The van der Waals surface area contributed by atoms with Gasteiger partial charge in [0.1, 0.15) is 0 Å². The Hall–Kier alpha value is -0.0400. The average Bonchev–Trinajstić information content (AvgIpc) is 2.43. The fraction of sp³-hybridized carbons (Fsp3) is 1.00. The molecular weight excluding hydrogens is 182 g/mol. The number of nitrogens with one attached hydrogen (secondary N) is 1. The highest BCUT2D eigenvalue weighted by Gasteiger charge is 2.17. The maximum absolute atomic E-state index is 3.68. The normalized spacial score (nSPS) is 24.8. The Labute approximate surface area is 95.0 Å². The van der Waals surface area contributed by atoms with Crippen molar-refractivity contribution >= 4 is 0 Å². The van der Waals surface area contributed by atoms with Gasteiger partial charge in [0.05, 0.1) is 0 Å². The summed E-state index contributed by atoms with van der Waals surface area (Å²) in [5, 5.41) is 3.68. The molecule has 0 spiro atoms. The van der Waals surface area contributed by atoms with Gasteiger partial charge >= 0.3 is 0 Å². The molecule has 0 aliphatic heterocycles. The minimum Gasteiger partial charge on any atom is -0.316 e. The van der Waals surface area contributed by atoms with Crippen LogP contribution in [0, 0.1) is 11.8 Å². The van der Waals surface area contributed by atoms with Crippen molar-refractivity contribution < 1.29 is 0 Å². The molecule has 1 heteroatoms. The lowest BCUT2D eigenvalue weighted by atomic mass is 9.83. The summed E-state index contributed by atoms with van der Waals surface area (Å²) in [7, 11) is 0. The van der Waals surface area contributed by atoms with Crippen molar-refractivity contribution in [1.29, 1.82) is 0 Å². The molecule has 0 atom stereocenters. The summed E-state index contributed by atoms with van der Waals surface area (Å²) in [6.07, 6.45) is 14.8. The molecule has 88 valence electrons. The van der Waals surface area contributed by atoms with Crippen LogP contribution >= 0.6 is 0 Å². The second kappa shape index (κ2) is 6.52. The molecule has 0 radical (unpaired) electrons. The van der Waals surface area contributed by atoms with Crippen molar-refractivity contribution in [3.05, 3.63) is 0 Å². The van der Waals surface area contributed by atoms with Crippen LogP contribution in [0.25, 0.3) is 0 Å². The van der Waals surface area contributed by atoms with Crippen LogP contribution < -0.4 is 5.32 Å². The van der Waals surface area contributed by atoms with E-state index in [-0.39, 0.29) is 0 Å². The second-order valence-corrected chi connectivity index (χ2v) is 5.65. The van der Waals surface area contributed by atoms with E-state index in [1.807, 2.05) is 0 Å². The first-order valence-corrected chi connectivity index (χ1v) is 7.16. The SMILES string of the molecule is C1CCCC(CNCCC2CCC2)CC1. The molecule has 2 aliphatic rings. The van der Waals surface area contributed by atoms with Crippen LogP contribution in [-0.2, 0) is 0 Å². The highest BCUT2D eigenvalue weighted by atomic mass is 14.9. The summed E-state index contributed by atoms with van der Waals surface area (Å²) in [6, 6.07) is 0. The average molecular weight is 209 g/mol. The quantitative estimate of drug-likeness (QED) is 0.537. The molecule has 2 aliphatic carbocycles. The Kier molecular flexibility index (Phi) is 4.98. The number of hydrogen-bond donors (Lipinski definition) is 1.